The van der Waals surface area contributed by atoms with Gasteiger partial charge in [-0.1, -0.05) is 36.5 Å². The summed E-state index contributed by atoms with van der Waals surface area (Å²) in [5, 5.41) is 0.560. The van der Waals surface area contributed by atoms with Gasteiger partial charge in [0.25, 0.3) is 5.91 Å². The van der Waals surface area contributed by atoms with Crippen molar-refractivity contribution in [3.05, 3.63) is 28.2 Å². The number of urea groups is 2. The molecule has 8 heteroatoms. The molecule has 0 saturated carbocycles. The Kier molecular flexibility index (Phi) is 4.39. The maximum absolute atomic E-state index is 12.4. The zero-order chi connectivity index (χ0) is 15.7. The van der Waals surface area contributed by atoms with Gasteiger partial charge < -0.3 is 5.73 Å². The lowest BCUT2D eigenvalue weighted by atomic mass is 10.1. The largest absolute Gasteiger partial charge is 0.351 e. The standard InChI is InChI=1S/C13H13Cl2N3O3/c1-2-3-10-11(19)17(13(21)18(10)12(16)20)9-5-7(14)4-8(15)6-9/h4-6,10H,2-3H2,1H3,(H2,16,20). The first-order chi connectivity index (χ1) is 9.86. The molecule has 1 saturated heterocycles. The maximum Gasteiger partial charge on any atom is 0.340 e. The highest BCUT2D eigenvalue weighted by Crippen LogP contribution is 2.31. The molecule has 1 heterocycles. The van der Waals surface area contributed by atoms with E-state index in [1.807, 2.05) is 6.92 Å². The van der Waals surface area contributed by atoms with Crippen molar-refractivity contribution in [1.82, 2.24) is 4.90 Å². The molecule has 21 heavy (non-hydrogen) atoms. The third kappa shape index (κ3) is 2.82. The summed E-state index contributed by atoms with van der Waals surface area (Å²) in [5.74, 6) is -0.515. The summed E-state index contributed by atoms with van der Waals surface area (Å²) in [4.78, 5) is 37.8. The highest BCUT2D eigenvalue weighted by Gasteiger charge is 2.48. The van der Waals surface area contributed by atoms with E-state index >= 15 is 0 Å². The number of nitrogens with zero attached hydrogens (tertiary/aromatic N) is 2. The van der Waals surface area contributed by atoms with Crippen LogP contribution in [0.4, 0.5) is 15.3 Å². The molecule has 1 aromatic carbocycles. The van der Waals surface area contributed by atoms with Crippen LogP contribution in [0, 0.1) is 0 Å². The van der Waals surface area contributed by atoms with Crippen molar-refractivity contribution in [3.8, 4) is 0 Å². The highest BCUT2D eigenvalue weighted by atomic mass is 35.5. The van der Waals surface area contributed by atoms with E-state index in [0.29, 0.717) is 12.8 Å². The van der Waals surface area contributed by atoms with E-state index in [-0.39, 0.29) is 15.7 Å². The first-order valence-electron chi connectivity index (χ1n) is 6.29. The Labute approximate surface area is 131 Å². The third-order valence-corrected chi connectivity index (χ3v) is 3.56. The first kappa shape index (κ1) is 15.6. The fourth-order valence-electron chi connectivity index (χ4n) is 2.27. The predicted molar refractivity (Wildman–Crippen MR) is 79.5 cm³/mol. The van der Waals surface area contributed by atoms with Crippen LogP contribution in [-0.2, 0) is 4.79 Å². The van der Waals surface area contributed by atoms with E-state index in [2.05, 4.69) is 0 Å². The van der Waals surface area contributed by atoms with Crippen LogP contribution in [0.1, 0.15) is 19.8 Å². The summed E-state index contributed by atoms with van der Waals surface area (Å²) in [6, 6.07) is 1.70. The number of nitrogens with two attached hydrogens (primary N) is 1. The van der Waals surface area contributed by atoms with Gasteiger partial charge >= 0.3 is 12.1 Å². The van der Waals surface area contributed by atoms with Gasteiger partial charge in [0, 0.05) is 10.0 Å². The van der Waals surface area contributed by atoms with Crippen LogP contribution >= 0.6 is 23.2 Å². The number of hydrogen-bond donors (Lipinski definition) is 1. The molecule has 1 fully saturated rings. The fraction of sp³-hybridized carbons (Fsp3) is 0.308. The predicted octanol–water partition coefficient (Wildman–Crippen LogP) is 3.01. The molecule has 6 nitrogen and oxygen atoms in total. The van der Waals surface area contributed by atoms with E-state index in [0.717, 1.165) is 9.80 Å². The molecule has 0 aromatic heterocycles. The Morgan fingerprint density at radius 2 is 1.81 bits per heavy atom. The molecule has 0 bridgehead atoms. The number of carbonyl (C=O) groups is 3. The first-order valence-corrected chi connectivity index (χ1v) is 7.05. The Balaban J connectivity index is 2.46. The molecule has 0 spiro atoms. The molecule has 1 atom stereocenters. The van der Waals surface area contributed by atoms with Crippen LogP contribution in [0.2, 0.25) is 10.0 Å². The molecule has 0 radical (unpaired) electrons. The molecule has 112 valence electrons. The molecule has 1 aliphatic heterocycles. The van der Waals surface area contributed by atoms with Crippen LogP contribution in [0.3, 0.4) is 0 Å². The smallest absolute Gasteiger partial charge is 0.340 e. The van der Waals surface area contributed by atoms with Gasteiger partial charge in [0.2, 0.25) is 0 Å². The number of benzene rings is 1. The lowest BCUT2D eigenvalue weighted by Crippen LogP contribution is -2.43. The Bertz CT molecular complexity index is 600. The van der Waals surface area contributed by atoms with E-state index in [4.69, 9.17) is 28.9 Å². The number of anilines is 1. The number of imide groups is 2. The van der Waals surface area contributed by atoms with Crippen molar-refractivity contribution in [3.63, 3.8) is 0 Å². The molecule has 1 unspecified atom stereocenters. The number of carbonyl (C=O) groups excluding carboxylic acids is 3. The van der Waals surface area contributed by atoms with Crippen molar-refractivity contribution in [2.45, 2.75) is 25.8 Å². The zero-order valence-electron chi connectivity index (χ0n) is 11.2. The second-order valence-electron chi connectivity index (χ2n) is 4.60. The van der Waals surface area contributed by atoms with Gasteiger partial charge in [-0.05, 0) is 24.6 Å². The average Bonchev–Trinajstić information content (AvgIpc) is 2.60. The Morgan fingerprint density at radius 3 is 2.29 bits per heavy atom. The normalized spacial score (nSPS) is 18.5. The number of primary amides is 1. The van der Waals surface area contributed by atoms with Crippen LogP contribution in [0.25, 0.3) is 0 Å². The summed E-state index contributed by atoms with van der Waals surface area (Å²) in [7, 11) is 0. The van der Waals surface area contributed by atoms with Crippen LogP contribution in [0.5, 0.6) is 0 Å². The molecule has 0 aliphatic carbocycles. The van der Waals surface area contributed by atoms with Crippen LogP contribution < -0.4 is 10.6 Å². The number of amides is 5. The molecule has 5 amide bonds. The minimum atomic E-state index is -0.956. The van der Waals surface area contributed by atoms with Crippen molar-refractivity contribution >= 4 is 46.9 Å². The minimum absolute atomic E-state index is 0.215. The van der Waals surface area contributed by atoms with Crippen LogP contribution in [-0.4, -0.2) is 28.9 Å². The summed E-state index contributed by atoms with van der Waals surface area (Å²) >= 11 is 11.8. The zero-order valence-corrected chi connectivity index (χ0v) is 12.7. The molecule has 2 N–H and O–H groups in total. The Morgan fingerprint density at radius 1 is 1.24 bits per heavy atom. The van der Waals surface area contributed by atoms with Gasteiger partial charge in [-0.15, -0.1) is 0 Å². The highest BCUT2D eigenvalue weighted by molar-refractivity contribution is 6.36. The summed E-state index contributed by atoms with van der Waals surface area (Å²) in [6.07, 6.45) is 0.968. The second kappa shape index (κ2) is 5.91. The average molecular weight is 330 g/mol. The quantitative estimate of drug-likeness (QED) is 0.865. The lowest BCUT2D eigenvalue weighted by molar-refractivity contribution is -0.119. The lowest BCUT2D eigenvalue weighted by Gasteiger charge is -2.16. The topological polar surface area (TPSA) is 83.7 Å². The Hall–Kier alpha value is -1.79. The summed E-state index contributed by atoms with van der Waals surface area (Å²) in [5.41, 5.74) is 5.42. The minimum Gasteiger partial charge on any atom is -0.351 e. The third-order valence-electron chi connectivity index (χ3n) is 3.12. The molecular formula is C13H13Cl2N3O3. The number of halogens is 2. The maximum atomic E-state index is 12.4. The molecule has 1 aromatic rings. The molecule has 1 aliphatic rings. The van der Waals surface area contributed by atoms with E-state index < -0.39 is 24.0 Å². The van der Waals surface area contributed by atoms with Gasteiger partial charge in [0.15, 0.2) is 0 Å². The SMILES string of the molecule is CCCC1C(=O)N(c2cc(Cl)cc(Cl)c2)C(=O)N1C(N)=O. The van der Waals surface area contributed by atoms with Gasteiger partial charge in [0.05, 0.1) is 5.69 Å². The van der Waals surface area contributed by atoms with Crippen molar-refractivity contribution in [2.75, 3.05) is 4.90 Å². The van der Waals surface area contributed by atoms with Crippen molar-refractivity contribution in [1.29, 1.82) is 0 Å². The molecular weight excluding hydrogens is 317 g/mol. The second-order valence-corrected chi connectivity index (χ2v) is 5.47. The van der Waals surface area contributed by atoms with Gasteiger partial charge in [0.1, 0.15) is 6.04 Å². The molecule has 2 rings (SSSR count). The van der Waals surface area contributed by atoms with Crippen LogP contribution in [0.15, 0.2) is 18.2 Å². The summed E-state index contributed by atoms with van der Waals surface area (Å²) in [6.45, 7) is 1.84. The monoisotopic (exact) mass is 329 g/mol. The van der Waals surface area contributed by atoms with Crippen molar-refractivity contribution in [2.24, 2.45) is 5.73 Å². The fourth-order valence-corrected chi connectivity index (χ4v) is 2.79. The van der Waals surface area contributed by atoms with E-state index in [1.165, 1.54) is 18.2 Å². The number of rotatable bonds is 3. The van der Waals surface area contributed by atoms with Gasteiger partial charge in [-0.3, -0.25) is 4.79 Å². The van der Waals surface area contributed by atoms with Crippen molar-refractivity contribution < 1.29 is 14.4 Å². The summed E-state index contributed by atoms with van der Waals surface area (Å²) < 4.78 is 0. The van der Waals surface area contributed by atoms with Gasteiger partial charge in [-0.25, -0.2) is 19.4 Å². The number of hydrogen-bond acceptors (Lipinski definition) is 3. The van der Waals surface area contributed by atoms with Gasteiger partial charge in [-0.2, -0.15) is 0 Å². The van der Waals surface area contributed by atoms with E-state index in [1.54, 1.807) is 0 Å². The van der Waals surface area contributed by atoms with E-state index in [9.17, 15) is 14.4 Å².